The Labute approximate surface area is 141 Å². The third-order valence-electron chi connectivity index (χ3n) is 3.50. The fourth-order valence-corrected chi connectivity index (χ4v) is 2.69. The van der Waals surface area contributed by atoms with Gasteiger partial charge in [0.15, 0.2) is 5.96 Å². The van der Waals surface area contributed by atoms with Gasteiger partial charge in [-0.2, -0.15) is 0 Å². The van der Waals surface area contributed by atoms with Gasteiger partial charge < -0.3 is 15.8 Å². The summed E-state index contributed by atoms with van der Waals surface area (Å²) in [5.41, 5.74) is 6.76. The molecule has 2 rings (SSSR count). The van der Waals surface area contributed by atoms with Crippen molar-refractivity contribution in [1.82, 2.24) is 10.2 Å². The summed E-state index contributed by atoms with van der Waals surface area (Å²) >= 11 is 12.0. The monoisotopic (exact) mass is 344 g/mol. The number of guanidine groups is 1. The van der Waals surface area contributed by atoms with E-state index >= 15 is 0 Å². The molecule has 0 unspecified atom stereocenters. The Morgan fingerprint density at radius 2 is 2.09 bits per heavy atom. The fourth-order valence-electron chi connectivity index (χ4n) is 2.22. The molecule has 1 aromatic carbocycles. The number of morpholine rings is 1. The molecular weight excluding hydrogens is 323 g/mol. The van der Waals surface area contributed by atoms with Gasteiger partial charge in [0.1, 0.15) is 0 Å². The minimum atomic E-state index is 0.438. The van der Waals surface area contributed by atoms with E-state index in [4.69, 9.17) is 33.7 Å². The predicted molar refractivity (Wildman–Crippen MR) is 91.7 cm³/mol. The molecule has 7 heteroatoms. The average molecular weight is 345 g/mol. The Hall–Kier alpha value is -1.01. The highest BCUT2D eigenvalue weighted by molar-refractivity contribution is 6.35. The summed E-state index contributed by atoms with van der Waals surface area (Å²) in [6, 6.07) is 5.37. The van der Waals surface area contributed by atoms with Crippen molar-refractivity contribution in [3.05, 3.63) is 33.8 Å². The molecule has 3 N–H and O–H groups in total. The van der Waals surface area contributed by atoms with Crippen molar-refractivity contribution >= 4 is 29.2 Å². The van der Waals surface area contributed by atoms with Crippen LogP contribution >= 0.6 is 23.2 Å². The lowest BCUT2D eigenvalue weighted by Crippen LogP contribution is -2.39. The first-order valence-corrected chi connectivity index (χ1v) is 8.18. The standard InChI is InChI=1S/C15H22Cl2N4O/c16-13-3-2-12(14(17)10-13)11-20-15(18)19-4-1-5-21-6-8-22-9-7-21/h2-3,10H,1,4-9,11H2,(H3,18,19,20). The van der Waals surface area contributed by atoms with Crippen molar-refractivity contribution in [3.8, 4) is 0 Å². The smallest absolute Gasteiger partial charge is 0.188 e. The van der Waals surface area contributed by atoms with Gasteiger partial charge in [0.05, 0.1) is 19.8 Å². The van der Waals surface area contributed by atoms with Crippen LogP contribution in [0.1, 0.15) is 12.0 Å². The van der Waals surface area contributed by atoms with Gasteiger partial charge in [-0.15, -0.1) is 0 Å². The summed E-state index contributed by atoms with van der Waals surface area (Å²) in [6.07, 6.45) is 1.03. The van der Waals surface area contributed by atoms with Crippen molar-refractivity contribution in [1.29, 1.82) is 0 Å². The van der Waals surface area contributed by atoms with Crippen LogP contribution in [0.3, 0.4) is 0 Å². The highest BCUT2D eigenvalue weighted by Crippen LogP contribution is 2.21. The second-order valence-corrected chi connectivity index (χ2v) is 6.02. The number of nitrogens with zero attached hydrogens (tertiary/aromatic N) is 2. The number of halogens is 2. The zero-order valence-corrected chi connectivity index (χ0v) is 14.0. The van der Waals surface area contributed by atoms with Gasteiger partial charge in [0, 0.05) is 29.7 Å². The van der Waals surface area contributed by atoms with E-state index in [0.29, 0.717) is 22.5 Å². The SMILES string of the molecule is NC(=NCc1ccc(Cl)cc1Cl)NCCCN1CCOCC1. The van der Waals surface area contributed by atoms with Crippen LogP contribution in [-0.4, -0.2) is 50.3 Å². The number of ether oxygens (including phenoxy) is 1. The minimum Gasteiger partial charge on any atom is -0.379 e. The first kappa shape index (κ1) is 17.3. The number of hydrogen-bond acceptors (Lipinski definition) is 3. The van der Waals surface area contributed by atoms with Crippen LogP contribution in [0.5, 0.6) is 0 Å². The Balaban J connectivity index is 1.66. The summed E-state index contributed by atoms with van der Waals surface area (Å²) in [5.74, 6) is 0.438. The maximum Gasteiger partial charge on any atom is 0.188 e. The number of nitrogens with two attached hydrogens (primary N) is 1. The maximum atomic E-state index is 6.10. The van der Waals surface area contributed by atoms with Gasteiger partial charge in [-0.25, -0.2) is 4.99 Å². The molecule has 0 radical (unpaired) electrons. The van der Waals surface area contributed by atoms with Crippen LogP contribution < -0.4 is 11.1 Å². The molecule has 1 aliphatic rings. The van der Waals surface area contributed by atoms with Crippen LogP contribution in [0, 0.1) is 0 Å². The lowest BCUT2D eigenvalue weighted by molar-refractivity contribution is 0.0376. The van der Waals surface area contributed by atoms with Crippen molar-refractivity contribution in [2.24, 2.45) is 10.7 Å². The van der Waals surface area contributed by atoms with Gasteiger partial charge >= 0.3 is 0 Å². The van der Waals surface area contributed by atoms with E-state index in [-0.39, 0.29) is 0 Å². The van der Waals surface area contributed by atoms with E-state index in [1.807, 2.05) is 6.07 Å². The largest absolute Gasteiger partial charge is 0.379 e. The molecular formula is C15H22Cl2N4O. The molecule has 122 valence electrons. The highest BCUT2D eigenvalue weighted by Gasteiger charge is 2.09. The van der Waals surface area contributed by atoms with Crippen LogP contribution in [-0.2, 0) is 11.3 Å². The molecule has 0 saturated carbocycles. The normalized spacial score (nSPS) is 16.7. The molecule has 1 saturated heterocycles. The van der Waals surface area contributed by atoms with Crippen LogP contribution in [0.2, 0.25) is 10.0 Å². The summed E-state index contributed by atoms with van der Waals surface area (Å²) in [6.45, 7) is 5.99. The molecule has 22 heavy (non-hydrogen) atoms. The molecule has 0 atom stereocenters. The number of rotatable bonds is 6. The van der Waals surface area contributed by atoms with Gasteiger partial charge in [0.2, 0.25) is 0 Å². The van der Waals surface area contributed by atoms with Crippen molar-refractivity contribution in [2.75, 3.05) is 39.4 Å². The van der Waals surface area contributed by atoms with Crippen molar-refractivity contribution < 1.29 is 4.74 Å². The van der Waals surface area contributed by atoms with Gasteiger partial charge in [0.25, 0.3) is 0 Å². The maximum absolute atomic E-state index is 6.10. The second-order valence-electron chi connectivity index (χ2n) is 5.17. The summed E-state index contributed by atoms with van der Waals surface area (Å²) in [4.78, 5) is 6.69. The van der Waals surface area contributed by atoms with E-state index in [9.17, 15) is 0 Å². The average Bonchev–Trinajstić information content (AvgIpc) is 2.52. The zero-order valence-electron chi connectivity index (χ0n) is 12.5. The second kappa shape index (κ2) is 9.20. The van der Waals surface area contributed by atoms with E-state index in [1.165, 1.54) is 0 Å². The third-order valence-corrected chi connectivity index (χ3v) is 4.08. The summed E-state index contributed by atoms with van der Waals surface area (Å²) in [7, 11) is 0. The molecule has 0 bridgehead atoms. The number of benzene rings is 1. The first-order chi connectivity index (χ1) is 10.6. The van der Waals surface area contributed by atoms with E-state index in [2.05, 4.69) is 15.2 Å². The van der Waals surface area contributed by atoms with E-state index in [1.54, 1.807) is 12.1 Å². The summed E-state index contributed by atoms with van der Waals surface area (Å²) < 4.78 is 5.32. The Kier molecular flexibility index (Phi) is 7.25. The van der Waals surface area contributed by atoms with Crippen molar-refractivity contribution in [2.45, 2.75) is 13.0 Å². The number of nitrogens with one attached hydrogen (secondary N) is 1. The molecule has 0 spiro atoms. The number of hydrogen-bond donors (Lipinski definition) is 2. The number of aliphatic imine (C=N–C) groups is 1. The van der Waals surface area contributed by atoms with Gasteiger partial charge in [-0.1, -0.05) is 29.3 Å². The van der Waals surface area contributed by atoms with Gasteiger partial charge in [-0.05, 0) is 30.7 Å². The van der Waals surface area contributed by atoms with E-state index in [0.717, 1.165) is 51.4 Å². The van der Waals surface area contributed by atoms with Gasteiger partial charge in [-0.3, -0.25) is 4.90 Å². The zero-order chi connectivity index (χ0) is 15.8. The molecule has 1 fully saturated rings. The summed E-state index contributed by atoms with van der Waals surface area (Å²) in [5, 5.41) is 4.35. The Morgan fingerprint density at radius 3 is 2.82 bits per heavy atom. The van der Waals surface area contributed by atoms with Crippen LogP contribution in [0.25, 0.3) is 0 Å². The van der Waals surface area contributed by atoms with Crippen molar-refractivity contribution in [3.63, 3.8) is 0 Å². The molecule has 1 aliphatic heterocycles. The lowest BCUT2D eigenvalue weighted by Gasteiger charge is -2.26. The highest BCUT2D eigenvalue weighted by atomic mass is 35.5. The molecule has 0 aliphatic carbocycles. The third kappa shape index (κ3) is 6.01. The lowest BCUT2D eigenvalue weighted by atomic mass is 10.2. The molecule has 5 nitrogen and oxygen atoms in total. The quantitative estimate of drug-likeness (QED) is 0.471. The first-order valence-electron chi connectivity index (χ1n) is 7.43. The van der Waals surface area contributed by atoms with E-state index < -0.39 is 0 Å². The van der Waals surface area contributed by atoms with Crippen LogP contribution in [0.15, 0.2) is 23.2 Å². The molecule has 1 aromatic rings. The minimum absolute atomic E-state index is 0.438. The molecule has 0 aromatic heterocycles. The predicted octanol–water partition coefficient (Wildman–Crippen LogP) is 2.12. The molecule has 1 heterocycles. The fraction of sp³-hybridized carbons (Fsp3) is 0.533. The Morgan fingerprint density at radius 1 is 1.32 bits per heavy atom. The molecule has 0 amide bonds. The topological polar surface area (TPSA) is 62.9 Å². The Bertz CT molecular complexity index is 504. The van der Waals surface area contributed by atoms with Crippen LogP contribution in [0.4, 0.5) is 0 Å².